The van der Waals surface area contributed by atoms with E-state index in [0.29, 0.717) is 16.9 Å². The van der Waals surface area contributed by atoms with Crippen LogP contribution in [0.4, 0.5) is 10.2 Å². The molecule has 0 aliphatic heterocycles. The van der Waals surface area contributed by atoms with Gasteiger partial charge in [-0.25, -0.2) is 22.4 Å². The highest BCUT2D eigenvalue weighted by molar-refractivity contribution is 7.92. The summed E-state index contributed by atoms with van der Waals surface area (Å²) in [4.78, 5) is 8.92. The zero-order valence-electron chi connectivity index (χ0n) is 13.9. The number of pyridine rings is 1. The number of para-hydroxylation sites is 2. The van der Waals surface area contributed by atoms with E-state index in [1.807, 2.05) is 12.1 Å². The van der Waals surface area contributed by atoms with Crippen molar-refractivity contribution in [2.45, 2.75) is 4.90 Å². The molecule has 0 aliphatic rings. The maximum atomic E-state index is 13.1. The molecule has 4 aromatic rings. The summed E-state index contributed by atoms with van der Waals surface area (Å²) < 4.78 is 42.7. The Kier molecular flexibility index (Phi) is 4.25. The third-order valence-electron chi connectivity index (χ3n) is 3.87. The molecule has 0 saturated carbocycles. The Morgan fingerprint density at radius 1 is 0.815 bits per heavy atom. The third kappa shape index (κ3) is 3.47. The normalized spacial score (nSPS) is 11.4. The highest BCUT2D eigenvalue weighted by atomic mass is 32.2. The van der Waals surface area contributed by atoms with Gasteiger partial charge in [-0.05, 0) is 53.5 Å². The Labute approximate surface area is 155 Å². The molecular weight excluding hydrogens is 367 g/mol. The van der Waals surface area contributed by atoms with Crippen LogP contribution in [0.15, 0.2) is 84.0 Å². The van der Waals surface area contributed by atoms with Crippen LogP contribution in [0, 0.1) is 5.82 Å². The van der Waals surface area contributed by atoms with Crippen LogP contribution in [0.25, 0.3) is 16.9 Å². The standard InChI is InChI=1S/C19H14FN4O2S/c20-14-8-10-15(11-9-14)27(25,26)23-18-19(24-12-4-1-5-13-24)22-17-7-3-2-6-16(17)21-18/h1-13H,(H,21,23)/q+1. The van der Waals surface area contributed by atoms with E-state index in [1.54, 1.807) is 47.3 Å². The Bertz CT molecular complexity index is 1210. The number of halogens is 1. The fraction of sp³-hybridized carbons (Fsp3) is 0. The minimum Gasteiger partial charge on any atom is -0.256 e. The summed E-state index contributed by atoms with van der Waals surface area (Å²) >= 11 is 0. The zero-order chi connectivity index (χ0) is 18.9. The minimum atomic E-state index is -3.96. The first-order chi connectivity index (χ1) is 13.0. The second-order valence-corrected chi connectivity index (χ2v) is 7.41. The lowest BCUT2D eigenvalue weighted by Crippen LogP contribution is -2.33. The molecule has 0 fully saturated rings. The lowest BCUT2D eigenvalue weighted by Gasteiger charge is -2.08. The van der Waals surface area contributed by atoms with Gasteiger partial charge in [-0.2, -0.15) is 0 Å². The Balaban J connectivity index is 1.86. The van der Waals surface area contributed by atoms with Gasteiger partial charge in [0.2, 0.25) is 11.3 Å². The number of nitrogens with zero attached hydrogens (tertiary/aromatic N) is 3. The molecule has 2 heterocycles. The van der Waals surface area contributed by atoms with Crippen LogP contribution in [0.1, 0.15) is 0 Å². The van der Waals surface area contributed by atoms with E-state index in [-0.39, 0.29) is 10.7 Å². The van der Waals surface area contributed by atoms with Gasteiger partial charge in [0, 0.05) is 0 Å². The molecule has 0 atom stereocenters. The lowest BCUT2D eigenvalue weighted by atomic mass is 10.3. The molecule has 0 bridgehead atoms. The van der Waals surface area contributed by atoms with E-state index in [2.05, 4.69) is 14.7 Å². The molecule has 2 aromatic heterocycles. The van der Waals surface area contributed by atoms with Crippen molar-refractivity contribution in [2.75, 3.05) is 4.72 Å². The number of anilines is 1. The molecule has 8 heteroatoms. The van der Waals surface area contributed by atoms with Crippen LogP contribution in [0.3, 0.4) is 0 Å². The number of nitrogens with one attached hydrogen (secondary N) is 1. The largest absolute Gasteiger partial charge is 0.372 e. The van der Waals surface area contributed by atoms with Crippen LogP contribution in [0.5, 0.6) is 0 Å². The average molecular weight is 381 g/mol. The molecular formula is C19H14FN4O2S+. The summed E-state index contributed by atoms with van der Waals surface area (Å²) in [6.07, 6.45) is 3.49. The van der Waals surface area contributed by atoms with Crippen molar-refractivity contribution in [2.24, 2.45) is 0 Å². The van der Waals surface area contributed by atoms with E-state index in [9.17, 15) is 12.8 Å². The summed E-state index contributed by atoms with van der Waals surface area (Å²) in [6, 6.07) is 17.2. The number of benzene rings is 2. The van der Waals surface area contributed by atoms with Crippen molar-refractivity contribution in [3.63, 3.8) is 0 Å². The highest BCUT2D eigenvalue weighted by Crippen LogP contribution is 2.20. The van der Waals surface area contributed by atoms with Crippen molar-refractivity contribution in [3.05, 3.63) is 84.9 Å². The summed E-state index contributed by atoms with van der Waals surface area (Å²) in [5, 5.41) is 0. The van der Waals surface area contributed by atoms with Gasteiger partial charge in [0.05, 0.1) is 17.3 Å². The molecule has 0 spiro atoms. The predicted molar refractivity (Wildman–Crippen MR) is 98.3 cm³/mol. The number of sulfonamides is 1. The van der Waals surface area contributed by atoms with Crippen molar-refractivity contribution >= 4 is 26.9 Å². The number of fused-ring (bicyclic) bond motifs is 1. The second kappa shape index (κ2) is 6.73. The van der Waals surface area contributed by atoms with E-state index in [0.717, 1.165) is 12.1 Å². The van der Waals surface area contributed by atoms with Gasteiger partial charge in [0.25, 0.3) is 10.0 Å². The van der Waals surface area contributed by atoms with Crippen LogP contribution in [0.2, 0.25) is 0 Å². The van der Waals surface area contributed by atoms with E-state index in [4.69, 9.17) is 0 Å². The molecule has 27 heavy (non-hydrogen) atoms. The second-order valence-electron chi connectivity index (χ2n) is 5.73. The molecule has 4 rings (SSSR count). The zero-order valence-corrected chi connectivity index (χ0v) is 14.8. The quantitative estimate of drug-likeness (QED) is 0.552. The van der Waals surface area contributed by atoms with Crippen molar-refractivity contribution in [1.82, 2.24) is 9.97 Å². The van der Waals surface area contributed by atoms with Crippen LogP contribution >= 0.6 is 0 Å². The molecule has 0 aliphatic carbocycles. The van der Waals surface area contributed by atoms with Crippen molar-refractivity contribution < 1.29 is 17.4 Å². The first kappa shape index (κ1) is 17.0. The molecule has 0 radical (unpaired) electrons. The average Bonchev–Trinajstić information content (AvgIpc) is 2.68. The summed E-state index contributed by atoms with van der Waals surface area (Å²) in [5.41, 5.74) is 1.18. The molecule has 134 valence electrons. The molecule has 6 nitrogen and oxygen atoms in total. The number of hydrogen-bond acceptors (Lipinski definition) is 4. The SMILES string of the molecule is O=S(=O)(Nc1nc2ccccc2nc1-[n+]1ccccc1)c1ccc(F)cc1. The maximum absolute atomic E-state index is 13.1. The van der Waals surface area contributed by atoms with E-state index in [1.165, 1.54) is 12.1 Å². The highest BCUT2D eigenvalue weighted by Gasteiger charge is 2.24. The molecule has 0 unspecified atom stereocenters. The monoisotopic (exact) mass is 381 g/mol. The fourth-order valence-corrected chi connectivity index (χ4v) is 3.58. The number of hydrogen-bond donors (Lipinski definition) is 1. The maximum Gasteiger partial charge on any atom is 0.372 e. The molecule has 0 amide bonds. The predicted octanol–water partition coefficient (Wildman–Crippen LogP) is 2.85. The summed E-state index contributed by atoms with van der Waals surface area (Å²) in [5.74, 6) is -0.103. The first-order valence-corrected chi connectivity index (χ1v) is 9.53. The Morgan fingerprint density at radius 3 is 2.11 bits per heavy atom. The lowest BCUT2D eigenvalue weighted by molar-refractivity contribution is -0.598. The van der Waals surface area contributed by atoms with Crippen LogP contribution < -0.4 is 9.29 Å². The van der Waals surface area contributed by atoms with Crippen LogP contribution in [-0.2, 0) is 10.0 Å². The van der Waals surface area contributed by atoms with Gasteiger partial charge in [-0.1, -0.05) is 18.2 Å². The van der Waals surface area contributed by atoms with Gasteiger partial charge >= 0.3 is 5.82 Å². The summed E-state index contributed by atoms with van der Waals surface area (Å²) in [7, 11) is -3.96. The van der Waals surface area contributed by atoms with Crippen molar-refractivity contribution in [3.8, 4) is 5.82 Å². The van der Waals surface area contributed by atoms with E-state index < -0.39 is 15.8 Å². The smallest absolute Gasteiger partial charge is 0.256 e. The van der Waals surface area contributed by atoms with Gasteiger partial charge in [0.15, 0.2) is 0 Å². The van der Waals surface area contributed by atoms with Gasteiger partial charge in [-0.3, -0.25) is 4.72 Å². The molecule has 2 aromatic carbocycles. The van der Waals surface area contributed by atoms with Crippen molar-refractivity contribution in [1.29, 1.82) is 0 Å². The number of aromatic nitrogens is 3. The fourth-order valence-electron chi connectivity index (χ4n) is 2.58. The first-order valence-electron chi connectivity index (χ1n) is 8.05. The van der Waals surface area contributed by atoms with Crippen LogP contribution in [-0.4, -0.2) is 18.4 Å². The summed E-state index contributed by atoms with van der Waals surface area (Å²) in [6.45, 7) is 0. The third-order valence-corrected chi connectivity index (χ3v) is 5.22. The molecule has 0 saturated heterocycles. The van der Waals surface area contributed by atoms with Gasteiger partial charge in [-0.15, -0.1) is 0 Å². The van der Waals surface area contributed by atoms with Gasteiger partial charge < -0.3 is 0 Å². The van der Waals surface area contributed by atoms with Gasteiger partial charge in [0.1, 0.15) is 11.3 Å². The molecule has 1 N–H and O–H groups in total. The minimum absolute atomic E-state index is 0.0668. The van der Waals surface area contributed by atoms with E-state index >= 15 is 0 Å². The number of rotatable bonds is 4. The topological polar surface area (TPSA) is 75.8 Å². The Morgan fingerprint density at radius 2 is 1.44 bits per heavy atom. The Hall–Kier alpha value is -3.39.